The van der Waals surface area contributed by atoms with E-state index in [1.807, 2.05) is 0 Å². The van der Waals surface area contributed by atoms with Gasteiger partial charge in [0.05, 0.1) is 0 Å². The first-order chi connectivity index (χ1) is 5.71. The zero-order chi connectivity index (χ0) is 8.60. The number of ketones is 1. The van der Waals surface area contributed by atoms with Crippen LogP contribution in [0.4, 0.5) is 0 Å². The summed E-state index contributed by atoms with van der Waals surface area (Å²) < 4.78 is 0. The molecule has 0 saturated heterocycles. The van der Waals surface area contributed by atoms with Crippen LogP contribution in [0.25, 0.3) is 0 Å². The summed E-state index contributed by atoms with van der Waals surface area (Å²) in [6, 6.07) is 0. The predicted octanol–water partition coefficient (Wildman–Crippen LogP) is 2.94. The van der Waals surface area contributed by atoms with Crippen molar-refractivity contribution in [1.82, 2.24) is 0 Å². The van der Waals surface area contributed by atoms with Gasteiger partial charge in [0.2, 0.25) is 0 Å². The smallest absolute Gasteiger partial charge is 0.133 e. The molecule has 0 bridgehead atoms. The molecule has 0 amide bonds. The van der Waals surface area contributed by atoms with E-state index in [0.717, 1.165) is 25.2 Å². The minimum absolute atomic E-state index is 0.513. The monoisotopic (exact) mass is 166 g/mol. The van der Waals surface area contributed by atoms with E-state index in [1.165, 1.54) is 25.7 Å². The molecule has 0 N–H and O–H groups in total. The van der Waals surface area contributed by atoms with Gasteiger partial charge in [-0.05, 0) is 30.6 Å². The number of fused-ring (bicyclic) bond motifs is 1. The Balaban J connectivity index is 2.11. The molecule has 12 heavy (non-hydrogen) atoms. The second-order valence-corrected chi connectivity index (χ2v) is 4.84. The molecular formula is C11H18O. The number of carbonyl (C=O) groups is 1. The quantitative estimate of drug-likeness (QED) is 0.540. The van der Waals surface area contributed by atoms with Crippen molar-refractivity contribution in [3.63, 3.8) is 0 Å². The van der Waals surface area contributed by atoms with E-state index in [0.29, 0.717) is 11.2 Å². The largest absolute Gasteiger partial charge is 0.300 e. The summed E-state index contributed by atoms with van der Waals surface area (Å²) in [6.45, 7) is 2.39. The summed E-state index contributed by atoms with van der Waals surface area (Å²) in [4.78, 5) is 11.3. The topological polar surface area (TPSA) is 17.1 Å². The number of rotatable bonds is 0. The van der Waals surface area contributed by atoms with Crippen LogP contribution in [0, 0.1) is 11.3 Å². The molecular weight excluding hydrogens is 148 g/mol. The van der Waals surface area contributed by atoms with Crippen LogP contribution in [0.3, 0.4) is 0 Å². The van der Waals surface area contributed by atoms with Crippen LogP contribution in [0.1, 0.15) is 51.9 Å². The lowest BCUT2D eigenvalue weighted by Gasteiger charge is -2.44. The van der Waals surface area contributed by atoms with Crippen molar-refractivity contribution < 1.29 is 4.79 Å². The molecule has 2 aliphatic rings. The fraction of sp³-hybridized carbons (Fsp3) is 0.909. The van der Waals surface area contributed by atoms with Gasteiger partial charge < -0.3 is 0 Å². The molecule has 2 unspecified atom stereocenters. The van der Waals surface area contributed by atoms with Crippen molar-refractivity contribution in [3.05, 3.63) is 0 Å². The summed E-state index contributed by atoms with van der Waals surface area (Å²) in [5.41, 5.74) is 0.534. The van der Waals surface area contributed by atoms with E-state index < -0.39 is 0 Å². The molecule has 0 aliphatic heterocycles. The molecule has 2 aliphatic carbocycles. The second kappa shape index (κ2) is 2.86. The first kappa shape index (κ1) is 8.28. The third kappa shape index (κ3) is 1.30. The molecule has 0 aromatic heterocycles. The van der Waals surface area contributed by atoms with E-state index in [4.69, 9.17) is 0 Å². The highest BCUT2D eigenvalue weighted by molar-refractivity contribution is 5.79. The predicted molar refractivity (Wildman–Crippen MR) is 48.9 cm³/mol. The van der Waals surface area contributed by atoms with Gasteiger partial charge in [0.25, 0.3) is 0 Å². The fourth-order valence-electron chi connectivity index (χ4n) is 2.95. The number of hydrogen-bond acceptors (Lipinski definition) is 1. The zero-order valence-electron chi connectivity index (χ0n) is 7.94. The van der Waals surface area contributed by atoms with Gasteiger partial charge in [0, 0.05) is 12.8 Å². The summed E-state index contributed by atoms with van der Waals surface area (Å²) in [6.07, 6.45) is 8.32. The molecule has 2 saturated carbocycles. The van der Waals surface area contributed by atoms with E-state index in [9.17, 15) is 4.79 Å². The minimum Gasteiger partial charge on any atom is -0.300 e. The van der Waals surface area contributed by atoms with Gasteiger partial charge >= 0.3 is 0 Å². The minimum atomic E-state index is 0.513. The molecule has 0 radical (unpaired) electrons. The molecule has 1 heteroatoms. The van der Waals surface area contributed by atoms with E-state index >= 15 is 0 Å². The molecule has 2 atom stereocenters. The molecule has 0 spiro atoms. The summed E-state index contributed by atoms with van der Waals surface area (Å²) in [5, 5.41) is 0. The molecule has 0 heterocycles. The average molecular weight is 166 g/mol. The molecule has 0 aromatic rings. The lowest BCUT2D eigenvalue weighted by atomic mass is 9.60. The van der Waals surface area contributed by atoms with Crippen LogP contribution in [-0.4, -0.2) is 5.78 Å². The summed E-state index contributed by atoms with van der Waals surface area (Å²) in [7, 11) is 0. The van der Waals surface area contributed by atoms with Crippen LogP contribution < -0.4 is 0 Å². The Hall–Kier alpha value is -0.330. The Labute approximate surface area is 74.5 Å². The first-order valence-electron chi connectivity index (χ1n) is 5.22. The maximum atomic E-state index is 11.3. The van der Waals surface area contributed by atoms with Gasteiger partial charge in [0.15, 0.2) is 0 Å². The third-order valence-corrected chi connectivity index (χ3v) is 3.99. The fourth-order valence-corrected chi connectivity index (χ4v) is 2.95. The SMILES string of the molecule is CC12CCCCC1CC(=O)CC2. The highest BCUT2D eigenvalue weighted by Crippen LogP contribution is 2.48. The van der Waals surface area contributed by atoms with Crippen molar-refractivity contribution in [2.45, 2.75) is 51.9 Å². The lowest BCUT2D eigenvalue weighted by Crippen LogP contribution is -2.36. The normalized spacial score (nSPS) is 42.4. The van der Waals surface area contributed by atoms with Crippen LogP contribution >= 0.6 is 0 Å². The van der Waals surface area contributed by atoms with E-state index in [-0.39, 0.29) is 0 Å². The van der Waals surface area contributed by atoms with Crippen molar-refractivity contribution in [3.8, 4) is 0 Å². The number of hydrogen-bond donors (Lipinski definition) is 0. The van der Waals surface area contributed by atoms with Crippen molar-refractivity contribution >= 4 is 5.78 Å². The highest BCUT2D eigenvalue weighted by Gasteiger charge is 2.40. The van der Waals surface area contributed by atoms with E-state index in [1.54, 1.807) is 0 Å². The van der Waals surface area contributed by atoms with Crippen LogP contribution in [0.2, 0.25) is 0 Å². The average Bonchev–Trinajstić information content (AvgIpc) is 2.06. The Morgan fingerprint density at radius 3 is 3.00 bits per heavy atom. The Kier molecular flexibility index (Phi) is 1.97. The summed E-state index contributed by atoms with van der Waals surface area (Å²) >= 11 is 0. The third-order valence-electron chi connectivity index (χ3n) is 3.99. The molecule has 2 fully saturated rings. The number of carbonyl (C=O) groups excluding carboxylic acids is 1. The highest BCUT2D eigenvalue weighted by atomic mass is 16.1. The van der Waals surface area contributed by atoms with Gasteiger partial charge in [-0.15, -0.1) is 0 Å². The van der Waals surface area contributed by atoms with Crippen LogP contribution in [-0.2, 0) is 4.79 Å². The van der Waals surface area contributed by atoms with Gasteiger partial charge in [-0.1, -0.05) is 19.8 Å². The standard InChI is InChI=1S/C11H18O/c1-11-6-3-2-4-9(11)8-10(12)5-7-11/h9H,2-8H2,1H3. The van der Waals surface area contributed by atoms with Crippen molar-refractivity contribution in [1.29, 1.82) is 0 Å². The van der Waals surface area contributed by atoms with Gasteiger partial charge in [-0.3, -0.25) is 4.79 Å². The Morgan fingerprint density at radius 2 is 2.17 bits per heavy atom. The van der Waals surface area contributed by atoms with Gasteiger partial charge in [-0.25, -0.2) is 0 Å². The number of Topliss-reactive ketones (excluding diaryl/α,β-unsaturated/α-hetero) is 1. The molecule has 68 valence electrons. The lowest BCUT2D eigenvalue weighted by molar-refractivity contribution is -0.125. The van der Waals surface area contributed by atoms with Crippen LogP contribution in [0.15, 0.2) is 0 Å². The molecule has 2 rings (SSSR count). The first-order valence-corrected chi connectivity index (χ1v) is 5.22. The van der Waals surface area contributed by atoms with Crippen LogP contribution in [0.5, 0.6) is 0 Å². The maximum absolute atomic E-state index is 11.3. The molecule has 1 nitrogen and oxygen atoms in total. The Bertz CT molecular complexity index is 197. The Morgan fingerprint density at radius 1 is 1.33 bits per heavy atom. The van der Waals surface area contributed by atoms with Gasteiger partial charge in [0.1, 0.15) is 5.78 Å². The second-order valence-electron chi connectivity index (χ2n) is 4.84. The van der Waals surface area contributed by atoms with E-state index in [2.05, 4.69) is 6.92 Å². The van der Waals surface area contributed by atoms with Crippen molar-refractivity contribution in [2.75, 3.05) is 0 Å². The maximum Gasteiger partial charge on any atom is 0.133 e. The zero-order valence-corrected chi connectivity index (χ0v) is 7.94. The van der Waals surface area contributed by atoms with Gasteiger partial charge in [-0.2, -0.15) is 0 Å². The molecule has 0 aromatic carbocycles. The summed E-state index contributed by atoms with van der Waals surface area (Å²) in [5.74, 6) is 1.24. The van der Waals surface area contributed by atoms with Crippen molar-refractivity contribution in [2.24, 2.45) is 11.3 Å².